The van der Waals surface area contributed by atoms with Crippen LogP contribution in [0.4, 0.5) is 0 Å². The van der Waals surface area contributed by atoms with Gasteiger partial charge in [0, 0.05) is 16.2 Å². The summed E-state index contributed by atoms with van der Waals surface area (Å²) in [5.41, 5.74) is 5.88. The Hall–Kier alpha value is -1.16. The smallest absolute Gasteiger partial charge is 0.188 e. The van der Waals surface area contributed by atoms with Crippen LogP contribution >= 0.6 is 11.8 Å². The third-order valence-electron chi connectivity index (χ3n) is 3.11. The van der Waals surface area contributed by atoms with Gasteiger partial charge < -0.3 is 11.1 Å². The van der Waals surface area contributed by atoms with Crippen LogP contribution in [-0.4, -0.2) is 23.8 Å². The van der Waals surface area contributed by atoms with Crippen molar-refractivity contribution < 1.29 is 0 Å². The molecule has 0 amide bonds. The van der Waals surface area contributed by atoms with Crippen molar-refractivity contribution in [2.24, 2.45) is 16.6 Å². The number of benzene rings is 1. The Kier molecular flexibility index (Phi) is 4.75. The molecular weight excluding hydrogens is 254 g/mol. The highest BCUT2D eigenvalue weighted by atomic mass is 32.2. The third kappa shape index (κ3) is 4.78. The summed E-state index contributed by atoms with van der Waals surface area (Å²) < 4.78 is 0.283. The van der Waals surface area contributed by atoms with Crippen LogP contribution < -0.4 is 11.1 Å². The van der Waals surface area contributed by atoms with Gasteiger partial charge in [0.2, 0.25) is 0 Å². The van der Waals surface area contributed by atoms with Gasteiger partial charge in [0.25, 0.3) is 0 Å². The van der Waals surface area contributed by atoms with Crippen molar-refractivity contribution in [2.45, 2.75) is 36.3 Å². The minimum Gasteiger partial charge on any atom is -0.370 e. The van der Waals surface area contributed by atoms with Crippen LogP contribution in [0.2, 0.25) is 0 Å². The molecule has 0 spiro atoms. The Morgan fingerprint density at radius 3 is 2.63 bits per heavy atom. The third-order valence-corrected chi connectivity index (χ3v) is 4.59. The normalized spacial score (nSPS) is 17.5. The molecule has 3 nitrogen and oxygen atoms in total. The Balaban J connectivity index is 1.83. The molecule has 1 aliphatic rings. The van der Waals surface area contributed by atoms with Crippen molar-refractivity contribution in [2.75, 3.05) is 13.1 Å². The molecule has 1 aromatic carbocycles. The summed E-state index contributed by atoms with van der Waals surface area (Å²) in [7, 11) is 0. The number of rotatable bonds is 6. The average Bonchev–Trinajstić information content (AvgIpc) is 3.15. The van der Waals surface area contributed by atoms with E-state index >= 15 is 0 Å². The maximum Gasteiger partial charge on any atom is 0.188 e. The van der Waals surface area contributed by atoms with Crippen molar-refractivity contribution in [1.29, 1.82) is 0 Å². The van der Waals surface area contributed by atoms with E-state index in [4.69, 9.17) is 5.73 Å². The van der Waals surface area contributed by atoms with Gasteiger partial charge in [-0.2, -0.15) is 0 Å². The fourth-order valence-corrected chi connectivity index (χ4v) is 2.99. The van der Waals surface area contributed by atoms with E-state index in [1.54, 1.807) is 0 Å². The minimum absolute atomic E-state index is 0.283. The summed E-state index contributed by atoms with van der Waals surface area (Å²) >= 11 is 1.93. The van der Waals surface area contributed by atoms with E-state index in [-0.39, 0.29) is 4.75 Å². The zero-order chi connectivity index (χ0) is 13.7. The lowest BCUT2D eigenvalue weighted by atomic mass is 10.2. The number of guanidine groups is 1. The van der Waals surface area contributed by atoms with Crippen molar-refractivity contribution in [3.05, 3.63) is 30.3 Å². The van der Waals surface area contributed by atoms with Gasteiger partial charge in [0.1, 0.15) is 0 Å². The van der Waals surface area contributed by atoms with E-state index in [1.165, 1.54) is 17.7 Å². The van der Waals surface area contributed by atoms with Gasteiger partial charge in [-0.3, -0.25) is 4.99 Å². The van der Waals surface area contributed by atoms with Crippen molar-refractivity contribution in [3.8, 4) is 0 Å². The van der Waals surface area contributed by atoms with Crippen LogP contribution in [0.15, 0.2) is 40.2 Å². The summed E-state index contributed by atoms with van der Waals surface area (Å²) in [6, 6.07) is 10.5. The molecule has 104 valence electrons. The number of nitrogens with two attached hydrogens (primary N) is 1. The predicted molar refractivity (Wildman–Crippen MR) is 83.6 cm³/mol. The fourth-order valence-electron chi connectivity index (χ4n) is 1.76. The van der Waals surface area contributed by atoms with E-state index in [1.807, 2.05) is 11.8 Å². The average molecular weight is 277 g/mol. The zero-order valence-corrected chi connectivity index (χ0v) is 12.5. The van der Waals surface area contributed by atoms with Gasteiger partial charge in [-0.05, 0) is 30.9 Å². The topological polar surface area (TPSA) is 50.4 Å². The standard InChI is InChI=1S/C15H23N3S/c1-12(2)10-17-14(16)18-11-15(8-9-15)19-13-6-4-3-5-7-13/h3-7,12H,8-11H2,1-2H3,(H3,16,17,18). The molecule has 0 bridgehead atoms. The molecule has 3 N–H and O–H groups in total. The molecule has 0 atom stereocenters. The maximum absolute atomic E-state index is 5.88. The van der Waals surface area contributed by atoms with Crippen LogP contribution in [0.3, 0.4) is 0 Å². The molecule has 1 aliphatic carbocycles. The Labute approximate surface area is 120 Å². The van der Waals surface area contributed by atoms with Crippen molar-refractivity contribution >= 4 is 17.7 Å². The van der Waals surface area contributed by atoms with Gasteiger partial charge in [-0.15, -0.1) is 11.8 Å². The molecule has 1 fully saturated rings. The second-order valence-corrected chi connectivity index (χ2v) is 7.12. The lowest BCUT2D eigenvalue weighted by Gasteiger charge is -2.13. The zero-order valence-electron chi connectivity index (χ0n) is 11.7. The van der Waals surface area contributed by atoms with E-state index in [0.29, 0.717) is 11.9 Å². The highest BCUT2D eigenvalue weighted by molar-refractivity contribution is 8.01. The molecule has 0 saturated heterocycles. The number of hydrogen-bond donors (Lipinski definition) is 2. The fraction of sp³-hybridized carbons (Fsp3) is 0.533. The summed E-state index contributed by atoms with van der Waals surface area (Å²) in [6.07, 6.45) is 2.46. The SMILES string of the molecule is CC(C)CNC(N)=NCC1(Sc2ccccc2)CC1. The summed E-state index contributed by atoms with van der Waals surface area (Å²) in [5.74, 6) is 1.16. The number of aliphatic imine (C=N–C) groups is 1. The number of hydrogen-bond acceptors (Lipinski definition) is 2. The molecule has 1 saturated carbocycles. The first kappa shape index (κ1) is 14.3. The highest BCUT2D eigenvalue weighted by Crippen LogP contribution is 2.51. The van der Waals surface area contributed by atoms with Gasteiger partial charge in [0.05, 0.1) is 6.54 Å². The lowest BCUT2D eigenvalue weighted by molar-refractivity contribution is 0.621. The Morgan fingerprint density at radius 2 is 2.05 bits per heavy atom. The molecule has 2 rings (SSSR count). The van der Waals surface area contributed by atoms with Crippen LogP contribution in [0.25, 0.3) is 0 Å². The van der Waals surface area contributed by atoms with E-state index in [9.17, 15) is 0 Å². The molecule has 0 heterocycles. The van der Waals surface area contributed by atoms with Crippen molar-refractivity contribution in [3.63, 3.8) is 0 Å². The molecule has 0 aromatic heterocycles. The molecule has 19 heavy (non-hydrogen) atoms. The minimum atomic E-state index is 0.283. The number of thioether (sulfide) groups is 1. The van der Waals surface area contributed by atoms with E-state index in [2.05, 4.69) is 54.5 Å². The summed E-state index contributed by atoms with van der Waals surface area (Å²) in [5, 5.41) is 3.16. The van der Waals surface area contributed by atoms with Gasteiger partial charge >= 0.3 is 0 Å². The molecule has 4 heteroatoms. The number of nitrogens with one attached hydrogen (secondary N) is 1. The molecular formula is C15H23N3S. The van der Waals surface area contributed by atoms with Crippen molar-refractivity contribution in [1.82, 2.24) is 5.32 Å². The summed E-state index contributed by atoms with van der Waals surface area (Å²) in [4.78, 5) is 5.81. The Bertz CT molecular complexity index is 424. The monoisotopic (exact) mass is 277 g/mol. The maximum atomic E-state index is 5.88. The molecule has 0 radical (unpaired) electrons. The highest BCUT2D eigenvalue weighted by Gasteiger charge is 2.43. The first-order valence-corrected chi connectivity index (χ1v) is 7.69. The first-order valence-electron chi connectivity index (χ1n) is 6.87. The first-order chi connectivity index (χ1) is 9.10. The van der Waals surface area contributed by atoms with Crippen LogP contribution in [-0.2, 0) is 0 Å². The van der Waals surface area contributed by atoms with E-state index < -0.39 is 0 Å². The largest absolute Gasteiger partial charge is 0.370 e. The second-order valence-electron chi connectivity index (χ2n) is 5.57. The summed E-state index contributed by atoms with van der Waals surface area (Å²) in [6.45, 7) is 6.01. The molecule has 0 unspecified atom stereocenters. The number of nitrogens with zero attached hydrogens (tertiary/aromatic N) is 1. The van der Waals surface area contributed by atoms with Crippen LogP contribution in [0.5, 0.6) is 0 Å². The lowest BCUT2D eigenvalue weighted by Crippen LogP contribution is -2.35. The van der Waals surface area contributed by atoms with Gasteiger partial charge in [-0.25, -0.2) is 0 Å². The van der Waals surface area contributed by atoms with Crippen LogP contribution in [0, 0.1) is 5.92 Å². The van der Waals surface area contributed by atoms with Crippen LogP contribution in [0.1, 0.15) is 26.7 Å². The van der Waals surface area contributed by atoms with Gasteiger partial charge in [-0.1, -0.05) is 32.0 Å². The van der Waals surface area contributed by atoms with Gasteiger partial charge in [0.15, 0.2) is 5.96 Å². The van der Waals surface area contributed by atoms with E-state index in [0.717, 1.165) is 13.1 Å². The second kappa shape index (κ2) is 6.33. The Morgan fingerprint density at radius 1 is 1.37 bits per heavy atom. The quantitative estimate of drug-likeness (QED) is 0.621. The predicted octanol–water partition coefficient (Wildman–Crippen LogP) is 2.87. The molecule has 0 aliphatic heterocycles. The molecule has 1 aromatic rings.